The Morgan fingerprint density at radius 2 is 1.83 bits per heavy atom. The van der Waals surface area contributed by atoms with Crippen LogP contribution < -0.4 is 5.32 Å². The van der Waals surface area contributed by atoms with Crippen molar-refractivity contribution in [3.05, 3.63) is 47.9 Å². The molecule has 1 aliphatic heterocycles. The van der Waals surface area contributed by atoms with E-state index in [0.29, 0.717) is 11.4 Å². The van der Waals surface area contributed by atoms with Crippen molar-refractivity contribution in [2.75, 3.05) is 47.3 Å². The Morgan fingerprint density at radius 3 is 2.37 bits per heavy atom. The van der Waals surface area contributed by atoms with Gasteiger partial charge in [-0.15, -0.1) is 24.0 Å². The van der Waals surface area contributed by atoms with E-state index in [2.05, 4.69) is 25.3 Å². The predicted molar refractivity (Wildman–Crippen MR) is 126 cm³/mol. The molecule has 0 spiro atoms. The maximum Gasteiger partial charge on any atom is 0.242 e. The molecule has 0 saturated carbocycles. The number of rotatable bonds is 6. The largest absolute Gasteiger partial charge is 0.364 e. The number of aromatic nitrogens is 1. The molecule has 3 rings (SSSR count). The highest BCUT2D eigenvalue weighted by Gasteiger charge is 2.20. The third kappa shape index (κ3) is 6.15. The molecule has 0 bridgehead atoms. The van der Waals surface area contributed by atoms with Crippen molar-refractivity contribution in [2.45, 2.75) is 18.0 Å². The molecule has 166 valence electrons. The van der Waals surface area contributed by atoms with Gasteiger partial charge in [-0.1, -0.05) is 17.3 Å². The van der Waals surface area contributed by atoms with Crippen LogP contribution in [0.4, 0.5) is 0 Å². The zero-order chi connectivity index (χ0) is 20.9. The minimum atomic E-state index is -3.40. The molecule has 0 amide bonds. The molecule has 9 nitrogen and oxygen atoms in total. The van der Waals surface area contributed by atoms with Crippen LogP contribution in [-0.4, -0.2) is 81.0 Å². The van der Waals surface area contributed by atoms with Crippen LogP contribution in [0.5, 0.6) is 0 Å². The Bertz CT molecular complexity index is 908. The van der Waals surface area contributed by atoms with Gasteiger partial charge in [-0.25, -0.2) is 12.7 Å². The second kappa shape index (κ2) is 11.1. The summed E-state index contributed by atoms with van der Waals surface area (Å²) in [7, 11) is 1.43. The smallest absolute Gasteiger partial charge is 0.242 e. The van der Waals surface area contributed by atoms with E-state index in [9.17, 15) is 8.42 Å². The monoisotopic (exact) mass is 548 g/mol. The average Bonchev–Trinajstić information content (AvgIpc) is 3.23. The summed E-state index contributed by atoms with van der Waals surface area (Å²) in [5.74, 6) is 0.844. The molecule has 1 aliphatic rings. The van der Waals surface area contributed by atoms with Crippen molar-refractivity contribution in [3.63, 3.8) is 0 Å². The molecule has 0 unspecified atom stereocenters. The summed E-state index contributed by atoms with van der Waals surface area (Å²) in [4.78, 5) is 9.25. The van der Waals surface area contributed by atoms with Gasteiger partial charge in [0.2, 0.25) is 10.0 Å². The Morgan fingerprint density at radius 1 is 1.17 bits per heavy atom. The van der Waals surface area contributed by atoms with Crippen LogP contribution in [0.2, 0.25) is 0 Å². The fraction of sp³-hybridized carbons (Fsp3) is 0.474. The summed E-state index contributed by atoms with van der Waals surface area (Å²) in [5.41, 5.74) is 1.94. The van der Waals surface area contributed by atoms with Crippen molar-refractivity contribution in [1.29, 1.82) is 0 Å². The molecule has 0 aliphatic carbocycles. The van der Waals surface area contributed by atoms with Gasteiger partial charge in [0.25, 0.3) is 0 Å². The maximum atomic E-state index is 12.2. The van der Waals surface area contributed by atoms with Crippen LogP contribution >= 0.6 is 24.0 Å². The van der Waals surface area contributed by atoms with Crippen molar-refractivity contribution < 1.29 is 12.9 Å². The van der Waals surface area contributed by atoms with E-state index in [1.165, 1.54) is 18.4 Å². The van der Waals surface area contributed by atoms with Gasteiger partial charge in [-0.2, -0.15) is 0 Å². The van der Waals surface area contributed by atoms with E-state index < -0.39 is 10.0 Å². The number of hydrogen-bond donors (Lipinski definition) is 1. The topological polar surface area (TPSA) is 94.3 Å². The van der Waals surface area contributed by atoms with Gasteiger partial charge in [0.1, 0.15) is 6.26 Å². The first-order valence-corrected chi connectivity index (χ1v) is 10.9. The van der Waals surface area contributed by atoms with E-state index in [1.807, 2.05) is 18.2 Å². The Balaban J connectivity index is 0.00000320. The van der Waals surface area contributed by atoms with Gasteiger partial charge in [0, 0.05) is 66.5 Å². The molecule has 1 saturated heterocycles. The Hall–Kier alpha value is -1.70. The molecule has 1 aromatic heterocycles. The first kappa shape index (κ1) is 24.6. The minimum Gasteiger partial charge on any atom is -0.364 e. The van der Waals surface area contributed by atoms with E-state index >= 15 is 0 Å². The molecule has 0 atom stereocenters. The minimum absolute atomic E-state index is 0. The van der Waals surface area contributed by atoms with E-state index in [1.54, 1.807) is 25.4 Å². The third-order valence-electron chi connectivity index (χ3n) is 4.91. The molecule has 11 heteroatoms. The number of piperazine rings is 1. The number of hydrogen-bond acceptors (Lipinski definition) is 6. The number of nitrogens with zero attached hydrogens (tertiary/aromatic N) is 5. The lowest BCUT2D eigenvalue weighted by Gasteiger charge is -2.36. The molecule has 0 radical (unpaired) electrons. The van der Waals surface area contributed by atoms with E-state index in [4.69, 9.17) is 4.52 Å². The average molecular weight is 548 g/mol. The van der Waals surface area contributed by atoms with Crippen LogP contribution in [-0.2, 0) is 23.1 Å². The third-order valence-corrected chi connectivity index (χ3v) is 6.74. The van der Waals surface area contributed by atoms with Crippen molar-refractivity contribution >= 4 is 40.0 Å². The number of aliphatic imine (C=N–C) groups is 1. The normalized spacial score (nSPS) is 15.9. The Kier molecular flexibility index (Phi) is 9.07. The molecule has 30 heavy (non-hydrogen) atoms. The fourth-order valence-corrected chi connectivity index (χ4v) is 4.07. The van der Waals surface area contributed by atoms with Crippen LogP contribution in [0.25, 0.3) is 0 Å². The molecule has 1 aromatic carbocycles. The summed E-state index contributed by atoms with van der Waals surface area (Å²) < 4.78 is 30.4. The number of sulfonamides is 1. The lowest BCUT2D eigenvalue weighted by Crippen LogP contribution is -2.52. The number of guanidine groups is 1. The summed E-state index contributed by atoms with van der Waals surface area (Å²) in [5, 5.41) is 7.33. The summed E-state index contributed by atoms with van der Waals surface area (Å²) in [6, 6.07) is 8.82. The highest BCUT2D eigenvalue weighted by atomic mass is 127. The Labute approximate surface area is 195 Å². The van der Waals surface area contributed by atoms with Gasteiger partial charge in [0.15, 0.2) is 5.96 Å². The first-order valence-electron chi connectivity index (χ1n) is 9.49. The maximum absolute atomic E-state index is 12.2. The van der Waals surface area contributed by atoms with E-state index in [-0.39, 0.29) is 24.0 Å². The van der Waals surface area contributed by atoms with Crippen molar-refractivity contribution in [1.82, 2.24) is 24.6 Å². The van der Waals surface area contributed by atoms with Crippen molar-refractivity contribution in [3.8, 4) is 0 Å². The highest BCUT2D eigenvalue weighted by molar-refractivity contribution is 14.0. The zero-order valence-electron chi connectivity index (χ0n) is 17.5. The quantitative estimate of drug-likeness (QED) is 0.332. The lowest BCUT2D eigenvalue weighted by atomic mass is 10.2. The number of benzene rings is 1. The summed E-state index contributed by atoms with van der Waals surface area (Å²) in [6.07, 6.45) is 1.60. The van der Waals surface area contributed by atoms with Gasteiger partial charge < -0.3 is 14.7 Å². The molecule has 2 aromatic rings. The molecule has 2 heterocycles. The number of halogens is 1. The molecule has 1 fully saturated rings. The van der Waals surface area contributed by atoms with Crippen LogP contribution in [0.1, 0.15) is 11.3 Å². The van der Waals surface area contributed by atoms with E-state index in [0.717, 1.165) is 49.9 Å². The van der Waals surface area contributed by atoms with Gasteiger partial charge in [-0.05, 0) is 17.7 Å². The van der Waals surface area contributed by atoms with Gasteiger partial charge >= 0.3 is 0 Å². The first-order chi connectivity index (χ1) is 13.9. The van der Waals surface area contributed by atoms with Crippen LogP contribution in [0.3, 0.4) is 0 Å². The second-order valence-corrected chi connectivity index (χ2v) is 9.24. The second-order valence-electron chi connectivity index (χ2n) is 7.09. The predicted octanol–water partition coefficient (Wildman–Crippen LogP) is 1.44. The fourth-order valence-electron chi connectivity index (χ4n) is 3.17. The summed E-state index contributed by atoms with van der Waals surface area (Å²) in [6.45, 7) is 4.96. The zero-order valence-corrected chi connectivity index (χ0v) is 20.6. The molecular weight excluding hydrogens is 519 g/mol. The summed E-state index contributed by atoms with van der Waals surface area (Å²) >= 11 is 0. The molecular formula is C19H29IN6O3S. The lowest BCUT2D eigenvalue weighted by molar-refractivity contribution is 0.169. The number of nitrogens with one attached hydrogen (secondary N) is 1. The van der Waals surface area contributed by atoms with Crippen molar-refractivity contribution in [2.24, 2.45) is 4.99 Å². The SMILES string of the molecule is CN=C(NCc1ccc(S(=O)(=O)N(C)C)cc1)N1CCN(Cc2ccon2)CC1.I. The van der Waals surface area contributed by atoms with Gasteiger partial charge in [-0.3, -0.25) is 9.89 Å². The standard InChI is InChI=1S/C19H28N6O3S.HI/c1-20-19(25-11-9-24(10-12-25)15-17-8-13-28-22-17)21-14-16-4-6-18(7-5-16)29(26,27)23(2)3;/h4-8,13H,9-12,14-15H2,1-3H3,(H,20,21);1H. The highest BCUT2D eigenvalue weighted by Crippen LogP contribution is 2.14. The van der Waals surface area contributed by atoms with Crippen LogP contribution in [0, 0.1) is 0 Å². The van der Waals surface area contributed by atoms with Crippen LogP contribution in [0.15, 0.2) is 51.0 Å². The van der Waals surface area contributed by atoms with Gasteiger partial charge in [0.05, 0.1) is 10.6 Å². The molecule has 1 N–H and O–H groups in total.